The second-order valence-electron chi connectivity index (χ2n) is 8.46. The smallest absolute Gasteiger partial charge is 0.258 e. The molecule has 1 aliphatic rings. The Bertz CT molecular complexity index is 1410. The zero-order valence-electron chi connectivity index (χ0n) is 18.8. The van der Waals surface area contributed by atoms with Crippen LogP contribution in [0.3, 0.4) is 0 Å². The summed E-state index contributed by atoms with van der Waals surface area (Å²) in [6.45, 7) is 4.00. The van der Waals surface area contributed by atoms with Crippen LogP contribution in [0.25, 0.3) is 33.1 Å². The maximum Gasteiger partial charge on any atom is 0.258 e. The van der Waals surface area contributed by atoms with Gasteiger partial charge in [-0.05, 0) is 61.5 Å². The Labute approximate surface area is 191 Å². The number of hydrogen-bond acceptors (Lipinski definition) is 5. The lowest BCUT2D eigenvalue weighted by Gasteiger charge is -2.32. The van der Waals surface area contributed by atoms with Crippen molar-refractivity contribution in [2.24, 2.45) is 7.05 Å². The third-order valence-corrected chi connectivity index (χ3v) is 6.23. The maximum atomic E-state index is 13.1. The molecule has 1 fully saturated rings. The van der Waals surface area contributed by atoms with Crippen LogP contribution in [-0.2, 0) is 11.8 Å². The van der Waals surface area contributed by atoms with Crippen LogP contribution >= 0.6 is 0 Å². The van der Waals surface area contributed by atoms with E-state index in [1.54, 1.807) is 24.0 Å². The van der Waals surface area contributed by atoms with Gasteiger partial charge in [0.1, 0.15) is 0 Å². The Kier molecular flexibility index (Phi) is 5.64. The van der Waals surface area contributed by atoms with Crippen molar-refractivity contribution in [2.75, 3.05) is 19.7 Å². The van der Waals surface area contributed by atoms with E-state index in [1.807, 2.05) is 54.3 Å². The van der Waals surface area contributed by atoms with Gasteiger partial charge in [0.05, 0.1) is 29.0 Å². The Morgan fingerprint density at radius 3 is 2.88 bits per heavy atom. The molecule has 1 amide bonds. The molecule has 2 aromatic heterocycles. The van der Waals surface area contributed by atoms with Gasteiger partial charge in [-0.1, -0.05) is 6.07 Å². The van der Waals surface area contributed by atoms with Gasteiger partial charge in [-0.3, -0.25) is 14.6 Å². The van der Waals surface area contributed by atoms with Crippen molar-refractivity contribution >= 4 is 27.7 Å². The van der Waals surface area contributed by atoms with Crippen LogP contribution in [0, 0.1) is 0 Å². The molecule has 2 aromatic carbocycles. The van der Waals surface area contributed by atoms with Crippen LogP contribution in [0.1, 0.15) is 30.1 Å². The highest BCUT2D eigenvalue weighted by Crippen LogP contribution is 2.24. The van der Waals surface area contributed by atoms with E-state index in [9.17, 15) is 9.59 Å². The minimum Gasteiger partial charge on any atom is -0.377 e. The monoisotopic (exact) mass is 442 g/mol. The van der Waals surface area contributed by atoms with Gasteiger partial charge < -0.3 is 14.2 Å². The molecular formula is C26H26N4O3. The third kappa shape index (κ3) is 4.12. The molecule has 33 heavy (non-hydrogen) atoms. The van der Waals surface area contributed by atoms with Crippen LogP contribution in [-0.4, -0.2) is 51.1 Å². The fourth-order valence-electron chi connectivity index (χ4n) is 4.47. The van der Waals surface area contributed by atoms with E-state index in [2.05, 4.69) is 4.98 Å². The number of carbonyl (C=O) groups is 1. The van der Waals surface area contributed by atoms with E-state index >= 15 is 0 Å². The van der Waals surface area contributed by atoms with E-state index in [0.29, 0.717) is 35.3 Å². The second kappa shape index (κ2) is 8.75. The molecule has 168 valence electrons. The van der Waals surface area contributed by atoms with E-state index in [1.165, 1.54) is 0 Å². The summed E-state index contributed by atoms with van der Waals surface area (Å²) in [5, 5.41) is 1.52. The first-order valence-corrected chi connectivity index (χ1v) is 11.3. The Morgan fingerprint density at radius 2 is 2.03 bits per heavy atom. The minimum absolute atomic E-state index is 0.00458. The highest BCUT2D eigenvalue weighted by Gasteiger charge is 2.25. The molecule has 0 radical (unpaired) electrons. The average molecular weight is 443 g/mol. The average Bonchev–Trinajstić information content (AvgIpc) is 2.85. The van der Waals surface area contributed by atoms with Gasteiger partial charge >= 0.3 is 0 Å². The first kappa shape index (κ1) is 21.3. The van der Waals surface area contributed by atoms with Crippen molar-refractivity contribution in [3.8, 4) is 11.3 Å². The number of carbonyl (C=O) groups excluding carboxylic acids is 1. The standard InChI is InChI=1S/C26H26N4O3/c1-3-33-20-5-4-11-30(16-20)25(31)19-7-9-22-23(14-19)28-24(15-27-22)18-6-8-21-17(13-18)10-12-29(2)26(21)32/h6-10,12-15,20H,3-5,11,16H2,1-2H3/t20-/m1/s1. The SMILES string of the molecule is CCO[C@@H]1CCCN(C(=O)c2ccc3ncc(-c4ccc5c(=O)n(C)ccc5c4)nc3c2)C1. The van der Waals surface area contributed by atoms with E-state index in [-0.39, 0.29) is 17.6 Å². The highest BCUT2D eigenvalue weighted by molar-refractivity contribution is 5.97. The number of fused-ring (bicyclic) bond motifs is 2. The molecule has 4 aromatic rings. The zero-order valence-corrected chi connectivity index (χ0v) is 18.8. The number of amides is 1. The fourth-order valence-corrected chi connectivity index (χ4v) is 4.47. The second-order valence-corrected chi connectivity index (χ2v) is 8.46. The number of piperidine rings is 1. The Hall–Kier alpha value is -3.58. The highest BCUT2D eigenvalue weighted by atomic mass is 16.5. The predicted octanol–water partition coefficient (Wildman–Crippen LogP) is 3.79. The fraction of sp³-hybridized carbons (Fsp3) is 0.308. The Balaban J connectivity index is 1.47. The van der Waals surface area contributed by atoms with Gasteiger partial charge in [-0.25, -0.2) is 4.98 Å². The predicted molar refractivity (Wildman–Crippen MR) is 128 cm³/mol. The first-order valence-electron chi connectivity index (χ1n) is 11.3. The summed E-state index contributed by atoms with van der Waals surface area (Å²) in [5.41, 5.74) is 3.54. The van der Waals surface area contributed by atoms with E-state index < -0.39 is 0 Å². The lowest BCUT2D eigenvalue weighted by Crippen LogP contribution is -2.43. The molecule has 5 rings (SSSR count). The van der Waals surface area contributed by atoms with Gasteiger partial charge in [0.2, 0.25) is 0 Å². The molecule has 0 bridgehead atoms. The topological polar surface area (TPSA) is 77.3 Å². The van der Waals surface area contributed by atoms with Gasteiger partial charge in [0.15, 0.2) is 0 Å². The lowest BCUT2D eigenvalue weighted by atomic mass is 10.1. The number of pyridine rings is 1. The quantitative estimate of drug-likeness (QED) is 0.481. The number of hydrogen-bond donors (Lipinski definition) is 0. The van der Waals surface area contributed by atoms with Crippen molar-refractivity contribution in [2.45, 2.75) is 25.9 Å². The van der Waals surface area contributed by atoms with Crippen molar-refractivity contribution in [3.63, 3.8) is 0 Å². The minimum atomic E-state index is -0.0314. The van der Waals surface area contributed by atoms with E-state index in [4.69, 9.17) is 9.72 Å². The Morgan fingerprint density at radius 1 is 1.15 bits per heavy atom. The number of likely N-dealkylation sites (tertiary alicyclic amines) is 1. The molecule has 1 atom stereocenters. The number of aryl methyl sites for hydroxylation is 1. The number of aromatic nitrogens is 3. The molecule has 3 heterocycles. The van der Waals surface area contributed by atoms with Crippen LogP contribution in [0.4, 0.5) is 0 Å². The van der Waals surface area contributed by atoms with Gasteiger partial charge in [0.25, 0.3) is 11.5 Å². The van der Waals surface area contributed by atoms with E-state index in [0.717, 1.165) is 35.9 Å². The summed E-state index contributed by atoms with van der Waals surface area (Å²) < 4.78 is 7.31. The maximum absolute atomic E-state index is 13.1. The summed E-state index contributed by atoms with van der Waals surface area (Å²) in [4.78, 5) is 36.7. The normalized spacial score (nSPS) is 16.4. The number of benzene rings is 2. The summed E-state index contributed by atoms with van der Waals surface area (Å²) >= 11 is 0. The lowest BCUT2D eigenvalue weighted by molar-refractivity contribution is 0.00725. The van der Waals surface area contributed by atoms with Crippen molar-refractivity contribution < 1.29 is 9.53 Å². The van der Waals surface area contributed by atoms with Crippen LogP contribution < -0.4 is 5.56 Å². The van der Waals surface area contributed by atoms with Crippen molar-refractivity contribution in [1.29, 1.82) is 0 Å². The van der Waals surface area contributed by atoms with Gasteiger partial charge in [-0.15, -0.1) is 0 Å². The molecule has 7 heteroatoms. The molecular weight excluding hydrogens is 416 g/mol. The molecule has 0 spiro atoms. The summed E-state index contributed by atoms with van der Waals surface area (Å²) in [5.74, 6) is -0.00458. The van der Waals surface area contributed by atoms with Crippen LogP contribution in [0.2, 0.25) is 0 Å². The van der Waals surface area contributed by atoms with Crippen molar-refractivity contribution in [3.05, 3.63) is 70.8 Å². The summed E-state index contributed by atoms with van der Waals surface area (Å²) in [7, 11) is 1.74. The zero-order chi connectivity index (χ0) is 22.9. The molecule has 0 unspecified atom stereocenters. The molecule has 0 N–H and O–H groups in total. The summed E-state index contributed by atoms with van der Waals surface area (Å²) in [6.07, 6.45) is 5.52. The van der Waals surface area contributed by atoms with Crippen LogP contribution in [0.15, 0.2) is 59.7 Å². The molecule has 1 aliphatic heterocycles. The van der Waals surface area contributed by atoms with Crippen LogP contribution in [0.5, 0.6) is 0 Å². The number of rotatable bonds is 4. The largest absolute Gasteiger partial charge is 0.377 e. The molecule has 0 saturated carbocycles. The molecule has 7 nitrogen and oxygen atoms in total. The number of ether oxygens (including phenoxy) is 1. The summed E-state index contributed by atoms with van der Waals surface area (Å²) in [6, 6.07) is 13.0. The molecule has 0 aliphatic carbocycles. The molecule has 1 saturated heterocycles. The van der Waals surface area contributed by atoms with Gasteiger partial charge in [0, 0.05) is 49.5 Å². The first-order chi connectivity index (χ1) is 16.0. The number of nitrogens with zero attached hydrogens (tertiary/aromatic N) is 4. The van der Waals surface area contributed by atoms with Crippen molar-refractivity contribution in [1.82, 2.24) is 19.4 Å². The third-order valence-electron chi connectivity index (χ3n) is 6.23. The van der Waals surface area contributed by atoms with Gasteiger partial charge in [-0.2, -0.15) is 0 Å².